The maximum Gasteiger partial charge on any atom is 0.338 e. The summed E-state index contributed by atoms with van der Waals surface area (Å²) in [5.74, 6) is -1.10. The highest BCUT2D eigenvalue weighted by molar-refractivity contribution is 5.99. The van der Waals surface area contributed by atoms with E-state index in [1.165, 1.54) is 13.0 Å². The van der Waals surface area contributed by atoms with Gasteiger partial charge in [0.15, 0.2) is 12.4 Å². The molecule has 5 nitrogen and oxygen atoms in total. The van der Waals surface area contributed by atoms with Crippen LogP contribution in [-0.2, 0) is 16.0 Å². The van der Waals surface area contributed by atoms with Crippen molar-refractivity contribution in [1.82, 2.24) is 0 Å². The van der Waals surface area contributed by atoms with Crippen LogP contribution in [0.1, 0.15) is 40.1 Å². The molecular formula is C19H19NO4. The Bertz CT molecular complexity index is 750. The van der Waals surface area contributed by atoms with Gasteiger partial charge in [-0.3, -0.25) is 9.59 Å². The van der Waals surface area contributed by atoms with Crippen LogP contribution in [0.4, 0.5) is 5.69 Å². The van der Waals surface area contributed by atoms with Crippen molar-refractivity contribution in [2.45, 2.75) is 20.3 Å². The largest absolute Gasteiger partial charge is 0.454 e. The highest BCUT2D eigenvalue weighted by Crippen LogP contribution is 2.12. The fourth-order valence-corrected chi connectivity index (χ4v) is 2.15. The minimum absolute atomic E-state index is 0.230. The fourth-order valence-electron chi connectivity index (χ4n) is 2.15. The average molecular weight is 325 g/mol. The second-order valence-corrected chi connectivity index (χ2v) is 5.31. The number of hydrogen-bond acceptors (Lipinski definition) is 4. The molecule has 1 amide bonds. The number of ether oxygens (including phenoxy) is 1. The Morgan fingerprint density at radius 1 is 1.00 bits per heavy atom. The zero-order chi connectivity index (χ0) is 17.5. The van der Waals surface area contributed by atoms with E-state index in [1.807, 2.05) is 19.1 Å². The summed E-state index contributed by atoms with van der Waals surface area (Å²) in [4.78, 5) is 35.1. The van der Waals surface area contributed by atoms with Crippen molar-refractivity contribution in [2.24, 2.45) is 0 Å². The van der Waals surface area contributed by atoms with E-state index in [1.54, 1.807) is 30.3 Å². The predicted octanol–water partition coefficient (Wildman–Crippen LogP) is 3.25. The number of benzene rings is 2. The smallest absolute Gasteiger partial charge is 0.338 e. The van der Waals surface area contributed by atoms with E-state index in [4.69, 9.17) is 4.74 Å². The Kier molecular flexibility index (Phi) is 5.84. The summed E-state index contributed by atoms with van der Waals surface area (Å²) in [6.07, 6.45) is 0.897. The van der Waals surface area contributed by atoms with Gasteiger partial charge in [0, 0.05) is 18.2 Å². The predicted molar refractivity (Wildman–Crippen MR) is 91.2 cm³/mol. The number of rotatable bonds is 6. The van der Waals surface area contributed by atoms with Gasteiger partial charge in [0.25, 0.3) is 0 Å². The molecule has 0 heterocycles. The third-order valence-corrected chi connectivity index (χ3v) is 3.44. The molecule has 0 atom stereocenters. The summed E-state index contributed by atoms with van der Waals surface area (Å²) in [6, 6.07) is 13.6. The number of anilines is 1. The van der Waals surface area contributed by atoms with E-state index >= 15 is 0 Å². The number of nitrogens with one attached hydrogen (secondary N) is 1. The Morgan fingerprint density at radius 2 is 1.71 bits per heavy atom. The summed E-state index contributed by atoms with van der Waals surface area (Å²) >= 11 is 0. The van der Waals surface area contributed by atoms with Gasteiger partial charge in [-0.05, 0) is 30.2 Å². The maximum absolute atomic E-state index is 12.1. The number of ketones is 1. The first-order valence-electron chi connectivity index (χ1n) is 7.66. The number of aryl methyl sites for hydroxylation is 1. The maximum atomic E-state index is 12.1. The number of Topliss-reactive ketones (excluding diaryl/α,β-unsaturated/α-hetero) is 1. The lowest BCUT2D eigenvalue weighted by atomic mass is 10.1. The van der Waals surface area contributed by atoms with Crippen LogP contribution in [0, 0.1) is 0 Å². The third kappa shape index (κ3) is 4.78. The summed E-state index contributed by atoms with van der Waals surface area (Å²) in [5, 5.41) is 2.59. The van der Waals surface area contributed by atoms with Crippen LogP contribution in [0.2, 0.25) is 0 Å². The van der Waals surface area contributed by atoms with Crippen LogP contribution in [0.25, 0.3) is 0 Å². The van der Waals surface area contributed by atoms with Crippen molar-refractivity contribution < 1.29 is 19.1 Å². The van der Waals surface area contributed by atoms with Crippen molar-refractivity contribution in [2.75, 3.05) is 11.9 Å². The lowest BCUT2D eigenvalue weighted by molar-refractivity contribution is -0.114. The van der Waals surface area contributed by atoms with Crippen LogP contribution in [0.5, 0.6) is 0 Å². The van der Waals surface area contributed by atoms with Gasteiger partial charge in [0.1, 0.15) is 0 Å². The molecule has 124 valence electrons. The Labute approximate surface area is 140 Å². The van der Waals surface area contributed by atoms with Gasteiger partial charge in [-0.1, -0.05) is 37.3 Å². The monoisotopic (exact) mass is 325 g/mol. The number of amides is 1. The lowest BCUT2D eigenvalue weighted by Crippen LogP contribution is -2.14. The molecule has 0 spiro atoms. The van der Waals surface area contributed by atoms with Crippen LogP contribution >= 0.6 is 0 Å². The molecule has 0 bridgehead atoms. The SMILES string of the molecule is CCc1ccc(C(=O)COC(=O)c2cccc(NC(C)=O)c2)cc1. The summed E-state index contributed by atoms with van der Waals surface area (Å²) in [5.41, 5.74) is 2.42. The molecule has 0 saturated heterocycles. The van der Waals surface area contributed by atoms with Gasteiger partial charge >= 0.3 is 5.97 Å². The minimum atomic E-state index is -0.610. The number of hydrogen-bond donors (Lipinski definition) is 1. The summed E-state index contributed by atoms with van der Waals surface area (Å²) in [7, 11) is 0. The van der Waals surface area contributed by atoms with E-state index in [-0.39, 0.29) is 23.9 Å². The molecule has 0 aliphatic heterocycles. The molecule has 5 heteroatoms. The first-order chi connectivity index (χ1) is 11.5. The summed E-state index contributed by atoms with van der Waals surface area (Å²) < 4.78 is 5.06. The Balaban J connectivity index is 1.96. The lowest BCUT2D eigenvalue weighted by Gasteiger charge is -2.07. The second-order valence-electron chi connectivity index (χ2n) is 5.31. The van der Waals surface area contributed by atoms with Gasteiger partial charge < -0.3 is 10.1 Å². The molecular weight excluding hydrogens is 306 g/mol. The molecule has 0 aliphatic carbocycles. The minimum Gasteiger partial charge on any atom is -0.454 e. The molecule has 0 radical (unpaired) electrons. The normalized spacial score (nSPS) is 10.1. The van der Waals surface area contributed by atoms with E-state index in [0.717, 1.165) is 12.0 Å². The topological polar surface area (TPSA) is 72.5 Å². The molecule has 24 heavy (non-hydrogen) atoms. The third-order valence-electron chi connectivity index (χ3n) is 3.44. The first kappa shape index (κ1) is 17.4. The van der Waals surface area contributed by atoms with Crippen LogP contribution < -0.4 is 5.32 Å². The standard InChI is InChI=1S/C19H19NO4/c1-3-14-7-9-15(10-8-14)18(22)12-24-19(23)16-5-4-6-17(11-16)20-13(2)21/h4-11H,3,12H2,1-2H3,(H,20,21). The molecule has 0 fully saturated rings. The van der Waals surface area contributed by atoms with Gasteiger partial charge in [0.2, 0.25) is 5.91 Å². The highest BCUT2D eigenvalue weighted by atomic mass is 16.5. The summed E-state index contributed by atoms with van der Waals surface area (Å²) in [6.45, 7) is 3.09. The van der Waals surface area contributed by atoms with Crippen LogP contribution in [-0.4, -0.2) is 24.3 Å². The fraction of sp³-hybridized carbons (Fsp3) is 0.211. The van der Waals surface area contributed by atoms with Crippen molar-refractivity contribution >= 4 is 23.3 Å². The molecule has 2 aromatic rings. The van der Waals surface area contributed by atoms with E-state index in [2.05, 4.69) is 5.32 Å². The van der Waals surface area contributed by atoms with Crippen molar-refractivity contribution in [1.29, 1.82) is 0 Å². The Hall–Kier alpha value is -2.95. The van der Waals surface area contributed by atoms with E-state index in [9.17, 15) is 14.4 Å². The van der Waals surface area contributed by atoms with Gasteiger partial charge in [-0.2, -0.15) is 0 Å². The molecule has 0 aromatic heterocycles. The molecule has 2 aromatic carbocycles. The van der Waals surface area contributed by atoms with E-state index in [0.29, 0.717) is 11.3 Å². The molecule has 0 saturated carbocycles. The highest BCUT2D eigenvalue weighted by Gasteiger charge is 2.12. The number of carbonyl (C=O) groups excluding carboxylic acids is 3. The average Bonchev–Trinajstić information content (AvgIpc) is 2.59. The zero-order valence-electron chi connectivity index (χ0n) is 13.7. The van der Waals surface area contributed by atoms with Crippen molar-refractivity contribution in [3.8, 4) is 0 Å². The molecule has 1 N–H and O–H groups in total. The zero-order valence-corrected chi connectivity index (χ0v) is 13.7. The second kappa shape index (κ2) is 8.06. The number of esters is 1. The molecule has 0 unspecified atom stereocenters. The molecule has 2 rings (SSSR count). The van der Waals surface area contributed by atoms with Gasteiger partial charge in [-0.15, -0.1) is 0 Å². The van der Waals surface area contributed by atoms with Crippen molar-refractivity contribution in [3.05, 3.63) is 65.2 Å². The Morgan fingerprint density at radius 3 is 2.33 bits per heavy atom. The quantitative estimate of drug-likeness (QED) is 0.653. The first-order valence-corrected chi connectivity index (χ1v) is 7.66. The van der Waals surface area contributed by atoms with Crippen molar-refractivity contribution in [3.63, 3.8) is 0 Å². The van der Waals surface area contributed by atoms with Crippen LogP contribution in [0.3, 0.4) is 0 Å². The number of carbonyl (C=O) groups is 3. The molecule has 0 aliphatic rings. The van der Waals surface area contributed by atoms with E-state index < -0.39 is 5.97 Å². The van der Waals surface area contributed by atoms with Gasteiger partial charge in [-0.25, -0.2) is 4.79 Å². The van der Waals surface area contributed by atoms with Crippen LogP contribution in [0.15, 0.2) is 48.5 Å². The van der Waals surface area contributed by atoms with Gasteiger partial charge in [0.05, 0.1) is 5.56 Å².